The van der Waals surface area contributed by atoms with Gasteiger partial charge in [-0.2, -0.15) is 5.26 Å². The summed E-state index contributed by atoms with van der Waals surface area (Å²) in [6, 6.07) is 12.6. The molecule has 5 rings (SSSR count). The van der Waals surface area contributed by atoms with Crippen molar-refractivity contribution in [2.24, 2.45) is 5.41 Å². The van der Waals surface area contributed by atoms with Gasteiger partial charge in [0.05, 0.1) is 35.5 Å². The number of nitrogens with one attached hydrogen (secondary N) is 2. The van der Waals surface area contributed by atoms with Crippen LogP contribution in [0.15, 0.2) is 54.6 Å². The van der Waals surface area contributed by atoms with E-state index in [-0.39, 0.29) is 51.4 Å². The zero-order valence-corrected chi connectivity index (χ0v) is 32.2. The monoisotopic (exact) mass is 785 g/mol. The molecule has 2 amide bonds. The summed E-state index contributed by atoms with van der Waals surface area (Å²) in [6.07, 6.45) is -0.187. The van der Waals surface area contributed by atoms with Crippen molar-refractivity contribution in [1.29, 1.82) is 5.26 Å². The van der Waals surface area contributed by atoms with Gasteiger partial charge in [-0.1, -0.05) is 62.2 Å². The van der Waals surface area contributed by atoms with Crippen molar-refractivity contribution in [1.82, 2.24) is 15.1 Å². The first kappa shape index (κ1) is 40.7. The molecule has 0 bridgehead atoms. The first-order valence-corrected chi connectivity index (χ1v) is 18.2. The second kappa shape index (κ2) is 16.9. The number of carbonyl (C=O) groups is 3. The number of halogens is 4. The lowest BCUT2D eigenvalue weighted by Gasteiger charge is -2.37. The third-order valence-corrected chi connectivity index (χ3v) is 10.3. The molecule has 2 N–H and O–H groups in total. The minimum Gasteiger partial charge on any atom is -0.495 e. The van der Waals surface area contributed by atoms with Crippen LogP contribution in [0.3, 0.4) is 0 Å². The number of rotatable bonds is 10. The SMILES string of the molecule is COc1cc(C(=O)OCCOC(=O)N2CCN(C)CC2)ccc1NC(=O)[C@@H]1N[C@@H](CC(C)(C)C)[C@](C#N)(c2ccc(Cl)cc2F)[C@H]1c1cccc(Cl)c1F. The van der Waals surface area contributed by atoms with Crippen LogP contribution in [0.25, 0.3) is 0 Å². The average molecular weight is 787 g/mol. The molecule has 15 heteroatoms. The molecule has 0 saturated carbocycles. The van der Waals surface area contributed by atoms with Gasteiger partial charge in [0.25, 0.3) is 0 Å². The number of anilines is 1. The molecule has 2 aliphatic heterocycles. The lowest BCUT2D eigenvalue weighted by Crippen LogP contribution is -2.47. The van der Waals surface area contributed by atoms with Gasteiger partial charge in [-0.05, 0) is 60.8 Å². The molecule has 0 radical (unpaired) electrons. The van der Waals surface area contributed by atoms with E-state index in [1.807, 2.05) is 27.8 Å². The molecule has 288 valence electrons. The summed E-state index contributed by atoms with van der Waals surface area (Å²) in [7, 11) is 3.32. The first-order chi connectivity index (χ1) is 25.6. The molecule has 4 atom stereocenters. The molecule has 0 aromatic heterocycles. The van der Waals surface area contributed by atoms with Crippen LogP contribution in [0.2, 0.25) is 10.0 Å². The van der Waals surface area contributed by atoms with Gasteiger partial charge in [0.2, 0.25) is 5.91 Å². The Hall–Kier alpha value is -4.48. The summed E-state index contributed by atoms with van der Waals surface area (Å²) < 4.78 is 48.0. The molecule has 0 spiro atoms. The van der Waals surface area contributed by atoms with Gasteiger partial charge in [0, 0.05) is 48.7 Å². The minimum atomic E-state index is -1.81. The summed E-state index contributed by atoms with van der Waals surface area (Å²) in [5.74, 6) is -4.20. The lowest BCUT2D eigenvalue weighted by molar-refractivity contribution is -0.118. The molecule has 2 saturated heterocycles. The van der Waals surface area contributed by atoms with Crippen LogP contribution < -0.4 is 15.4 Å². The van der Waals surface area contributed by atoms with Crippen molar-refractivity contribution >= 4 is 46.9 Å². The molecule has 3 aromatic carbocycles. The Balaban J connectivity index is 1.41. The second-order valence-electron chi connectivity index (χ2n) is 14.6. The quantitative estimate of drug-likeness (QED) is 0.169. The first-order valence-electron chi connectivity index (χ1n) is 17.4. The van der Waals surface area contributed by atoms with Crippen molar-refractivity contribution in [3.05, 3.63) is 93.0 Å². The fraction of sp³-hybridized carbons (Fsp3) is 0.436. The Morgan fingerprint density at radius 1 is 1.02 bits per heavy atom. The van der Waals surface area contributed by atoms with Crippen molar-refractivity contribution in [2.45, 2.75) is 50.6 Å². The third kappa shape index (κ3) is 8.73. The highest BCUT2D eigenvalue weighted by atomic mass is 35.5. The van der Waals surface area contributed by atoms with Crippen LogP contribution in [0, 0.1) is 28.4 Å². The topological polar surface area (TPSA) is 133 Å². The molecule has 2 aliphatic rings. The number of hydrogen-bond donors (Lipinski definition) is 2. The van der Waals surface area contributed by atoms with E-state index in [1.54, 1.807) is 4.90 Å². The van der Waals surface area contributed by atoms with E-state index in [2.05, 4.69) is 21.6 Å². The highest BCUT2D eigenvalue weighted by Gasteiger charge is 2.61. The van der Waals surface area contributed by atoms with Crippen molar-refractivity contribution in [2.75, 3.05) is 58.9 Å². The lowest BCUT2D eigenvalue weighted by atomic mass is 9.62. The molecular weight excluding hydrogens is 743 g/mol. The van der Waals surface area contributed by atoms with Gasteiger partial charge >= 0.3 is 12.1 Å². The predicted octanol–water partition coefficient (Wildman–Crippen LogP) is 6.78. The molecule has 0 aliphatic carbocycles. The molecule has 2 fully saturated rings. The fourth-order valence-electron chi connectivity index (χ4n) is 7.12. The molecule has 0 unspecified atom stereocenters. The van der Waals surface area contributed by atoms with Crippen molar-refractivity contribution in [3.8, 4) is 11.8 Å². The number of ether oxygens (including phenoxy) is 3. The second-order valence-corrected chi connectivity index (χ2v) is 15.5. The molecule has 3 aromatic rings. The number of hydrogen-bond acceptors (Lipinski definition) is 9. The Labute approximate surface area is 323 Å². The number of nitriles is 1. The Morgan fingerprint density at radius 2 is 1.72 bits per heavy atom. The summed E-state index contributed by atoms with van der Waals surface area (Å²) in [5, 5.41) is 17.0. The molecule has 2 heterocycles. The van der Waals surface area contributed by atoms with E-state index >= 15 is 8.78 Å². The zero-order valence-electron chi connectivity index (χ0n) is 30.7. The van der Waals surface area contributed by atoms with E-state index < -0.39 is 58.4 Å². The molecular formula is C39H43Cl2F2N5O6. The molecule has 11 nitrogen and oxygen atoms in total. The number of benzene rings is 3. The van der Waals surface area contributed by atoms with Gasteiger partial charge in [-0.15, -0.1) is 0 Å². The van der Waals surface area contributed by atoms with Gasteiger partial charge in [0.15, 0.2) is 0 Å². The van der Waals surface area contributed by atoms with E-state index in [0.29, 0.717) is 19.5 Å². The van der Waals surface area contributed by atoms with Gasteiger partial charge < -0.3 is 34.6 Å². The van der Waals surface area contributed by atoms with Gasteiger partial charge in [-0.3, -0.25) is 4.79 Å². The minimum absolute atomic E-state index is 0.0506. The van der Waals surface area contributed by atoms with Crippen LogP contribution >= 0.6 is 23.2 Å². The highest BCUT2D eigenvalue weighted by Crippen LogP contribution is 2.53. The number of amides is 2. The van der Waals surface area contributed by atoms with E-state index in [1.165, 1.54) is 55.6 Å². The maximum absolute atomic E-state index is 16.0. The Kier molecular flexibility index (Phi) is 12.7. The summed E-state index contributed by atoms with van der Waals surface area (Å²) >= 11 is 12.4. The Morgan fingerprint density at radius 3 is 2.37 bits per heavy atom. The number of piperazine rings is 1. The summed E-state index contributed by atoms with van der Waals surface area (Å²) in [5.41, 5.74) is -2.09. The number of methoxy groups -OCH3 is 1. The third-order valence-electron chi connectivity index (χ3n) is 9.73. The normalized spacial score (nSPS) is 21.6. The highest BCUT2D eigenvalue weighted by molar-refractivity contribution is 6.31. The molecule has 54 heavy (non-hydrogen) atoms. The number of carbonyl (C=O) groups excluding carboxylic acids is 3. The average Bonchev–Trinajstić information content (AvgIpc) is 3.44. The smallest absolute Gasteiger partial charge is 0.409 e. The van der Waals surface area contributed by atoms with Crippen LogP contribution in [0.5, 0.6) is 5.75 Å². The predicted molar refractivity (Wildman–Crippen MR) is 200 cm³/mol. The summed E-state index contributed by atoms with van der Waals surface area (Å²) in [4.78, 5) is 43.3. The van der Waals surface area contributed by atoms with E-state index in [0.717, 1.165) is 19.2 Å². The van der Waals surface area contributed by atoms with E-state index in [4.69, 9.17) is 37.4 Å². The van der Waals surface area contributed by atoms with Crippen LogP contribution in [-0.2, 0) is 19.7 Å². The number of likely N-dealkylation sites (N-methyl/N-ethyl adjacent to an activating group) is 1. The standard InChI is InChI=1S/C39H43Cl2F2N5O6/c1-38(2,3)21-31-39(22-44,26-11-10-24(40)20-28(26)42)32(25-7-6-8-27(41)33(25)43)34(46-31)35(49)45-29-12-9-23(19-30(29)52-5)36(50)53-17-18-54-37(51)48-15-13-47(4)14-16-48/h6-12,19-20,31-32,34,46H,13-18,21H2,1-5H3,(H,45,49)/t31-,32-,34+,39-/m0/s1. The van der Waals surface area contributed by atoms with Crippen LogP contribution in [0.4, 0.5) is 19.3 Å². The maximum Gasteiger partial charge on any atom is 0.409 e. The van der Waals surface area contributed by atoms with E-state index in [9.17, 15) is 19.6 Å². The fourth-order valence-corrected chi connectivity index (χ4v) is 7.46. The number of nitrogens with zero attached hydrogens (tertiary/aromatic N) is 3. The largest absolute Gasteiger partial charge is 0.495 e. The maximum atomic E-state index is 16.0. The van der Waals surface area contributed by atoms with Crippen molar-refractivity contribution in [3.63, 3.8) is 0 Å². The Bertz CT molecular complexity index is 1930. The van der Waals surface area contributed by atoms with Gasteiger partial charge in [0.1, 0.15) is 36.0 Å². The van der Waals surface area contributed by atoms with Crippen LogP contribution in [0.1, 0.15) is 54.6 Å². The van der Waals surface area contributed by atoms with Crippen LogP contribution in [-0.4, -0.2) is 93.4 Å². The van der Waals surface area contributed by atoms with Crippen molar-refractivity contribution < 1.29 is 37.4 Å². The van der Waals surface area contributed by atoms with Gasteiger partial charge in [-0.25, -0.2) is 18.4 Å². The number of esters is 1. The summed E-state index contributed by atoms with van der Waals surface area (Å²) in [6.45, 7) is 8.07. The zero-order chi connectivity index (χ0) is 39.4.